The minimum atomic E-state index is -4.07. The van der Waals surface area contributed by atoms with E-state index in [9.17, 15) is 18.0 Å². The average Bonchev–Trinajstić information content (AvgIpc) is 2.80. The second-order valence-electron chi connectivity index (χ2n) is 7.66. The summed E-state index contributed by atoms with van der Waals surface area (Å²) in [5, 5.41) is 3.20. The molecule has 11 heteroatoms. The highest BCUT2D eigenvalue weighted by atomic mass is 35.5. The molecule has 0 saturated heterocycles. The van der Waals surface area contributed by atoms with E-state index in [4.69, 9.17) is 25.8 Å². The van der Waals surface area contributed by atoms with Crippen molar-refractivity contribution >= 4 is 33.5 Å². The van der Waals surface area contributed by atoms with Crippen molar-refractivity contribution in [1.82, 2.24) is 10.0 Å². The van der Waals surface area contributed by atoms with Gasteiger partial charge >= 0.3 is 5.97 Å². The maximum absolute atomic E-state index is 12.9. The fourth-order valence-corrected chi connectivity index (χ4v) is 4.44. The van der Waals surface area contributed by atoms with Gasteiger partial charge in [-0.05, 0) is 35.7 Å². The number of hydrogen-bond acceptors (Lipinski definition) is 7. The molecule has 3 rings (SSSR count). The molecular formula is C22H25ClN2O7S. The van der Waals surface area contributed by atoms with Crippen molar-refractivity contribution in [2.75, 3.05) is 19.8 Å². The Morgan fingerprint density at radius 3 is 2.39 bits per heavy atom. The highest BCUT2D eigenvalue weighted by Crippen LogP contribution is 2.32. The quantitative estimate of drug-likeness (QED) is 0.511. The molecule has 33 heavy (non-hydrogen) atoms. The Labute approximate surface area is 197 Å². The van der Waals surface area contributed by atoms with Crippen molar-refractivity contribution in [1.29, 1.82) is 0 Å². The summed E-state index contributed by atoms with van der Waals surface area (Å²) in [5.41, 5.74) is 0.825. The van der Waals surface area contributed by atoms with Crippen LogP contribution in [0, 0.1) is 5.92 Å². The Hall–Kier alpha value is -2.82. The number of halogens is 1. The van der Waals surface area contributed by atoms with Crippen molar-refractivity contribution in [3.05, 3.63) is 53.1 Å². The third-order valence-electron chi connectivity index (χ3n) is 4.78. The first-order valence-electron chi connectivity index (χ1n) is 10.3. The number of hydrogen-bond donors (Lipinski definition) is 2. The van der Waals surface area contributed by atoms with Gasteiger partial charge in [0.25, 0.3) is 5.91 Å². The van der Waals surface area contributed by atoms with E-state index in [1.165, 1.54) is 18.2 Å². The van der Waals surface area contributed by atoms with Crippen LogP contribution >= 0.6 is 11.6 Å². The number of nitrogens with one attached hydrogen (secondary N) is 2. The lowest BCUT2D eigenvalue weighted by Gasteiger charge is -2.22. The van der Waals surface area contributed by atoms with Gasteiger partial charge in [-0.25, -0.2) is 8.42 Å². The molecule has 0 bridgehead atoms. The van der Waals surface area contributed by atoms with Crippen molar-refractivity contribution in [3.63, 3.8) is 0 Å². The molecule has 1 amide bonds. The van der Waals surface area contributed by atoms with Crippen molar-refractivity contribution in [2.45, 2.75) is 31.3 Å². The summed E-state index contributed by atoms with van der Waals surface area (Å²) < 4.78 is 44.0. The number of sulfonamides is 1. The summed E-state index contributed by atoms with van der Waals surface area (Å²) in [6.07, 6.45) is 0. The smallest absolute Gasteiger partial charge is 0.324 e. The largest absolute Gasteiger partial charge is 0.486 e. The zero-order valence-corrected chi connectivity index (χ0v) is 19.7. The molecule has 1 aliphatic heterocycles. The highest BCUT2D eigenvalue weighted by molar-refractivity contribution is 7.89. The van der Waals surface area contributed by atoms with E-state index in [2.05, 4.69) is 10.0 Å². The molecule has 9 nitrogen and oxygen atoms in total. The standard InChI is InChI=1S/C22H25ClN2O7S/c1-14(2)21(22(27)32-13-20(26)24-12-15-3-5-16(23)6-4-15)25-33(28,29)17-7-8-18-19(11-17)31-10-9-30-18/h3-8,11,14,21,25H,9-10,12-13H2,1-2H3,(H,24,26)/t21-/m1/s1. The maximum atomic E-state index is 12.9. The van der Waals surface area contributed by atoms with Gasteiger partial charge in [-0.2, -0.15) is 4.72 Å². The molecule has 0 radical (unpaired) electrons. The number of benzene rings is 2. The molecule has 0 aliphatic carbocycles. The average molecular weight is 497 g/mol. The van der Waals surface area contributed by atoms with Gasteiger partial charge in [0.15, 0.2) is 18.1 Å². The van der Waals surface area contributed by atoms with E-state index in [-0.39, 0.29) is 11.4 Å². The van der Waals surface area contributed by atoms with Crippen LogP contribution in [0.3, 0.4) is 0 Å². The number of carbonyl (C=O) groups excluding carboxylic acids is 2. The first kappa shape index (κ1) is 24.8. The van der Waals surface area contributed by atoms with E-state index < -0.39 is 40.5 Å². The van der Waals surface area contributed by atoms with Gasteiger partial charge in [-0.15, -0.1) is 0 Å². The maximum Gasteiger partial charge on any atom is 0.324 e. The third-order valence-corrected chi connectivity index (χ3v) is 6.47. The summed E-state index contributed by atoms with van der Waals surface area (Å²) in [6.45, 7) is 3.72. The van der Waals surface area contributed by atoms with Gasteiger partial charge in [0.1, 0.15) is 19.3 Å². The lowest BCUT2D eigenvalue weighted by atomic mass is 10.1. The number of amides is 1. The van der Waals surface area contributed by atoms with Gasteiger partial charge in [0.2, 0.25) is 10.0 Å². The Morgan fingerprint density at radius 2 is 1.73 bits per heavy atom. The number of rotatable bonds is 9. The van der Waals surface area contributed by atoms with Gasteiger partial charge in [0, 0.05) is 17.6 Å². The highest BCUT2D eigenvalue weighted by Gasteiger charge is 2.31. The lowest BCUT2D eigenvalue weighted by molar-refractivity contribution is -0.151. The predicted molar refractivity (Wildman–Crippen MR) is 121 cm³/mol. The molecule has 1 heterocycles. The molecule has 1 atom stereocenters. The molecule has 0 spiro atoms. The van der Waals surface area contributed by atoms with Gasteiger partial charge in [-0.1, -0.05) is 37.6 Å². The van der Waals surface area contributed by atoms with Gasteiger partial charge in [0.05, 0.1) is 4.90 Å². The van der Waals surface area contributed by atoms with Crippen LogP contribution in [0.25, 0.3) is 0 Å². The number of carbonyl (C=O) groups is 2. The van der Waals surface area contributed by atoms with Crippen molar-refractivity contribution in [2.24, 2.45) is 5.92 Å². The van der Waals surface area contributed by atoms with E-state index in [1.807, 2.05) is 0 Å². The molecule has 2 aromatic rings. The Morgan fingerprint density at radius 1 is 1.06 bits per heavy atom. The lowest BCUT2D eigenvalue weighted by Crippen LogP contribution is -2.46. The predicted octanol–water partition coefficient (Wildman–Crippen LogP) is 2.27. The number of ether oxygens (including phenoxy) is 3. The zero-order chi connectivity index (χ0) is 24.0. The molecule has 0 saturated carbocycles. The van der Waals surface area contributed by atoms with Crippen molar-refractivity contribution in [3.8, 4) is 11.5 Å². The molecule has 2 N–H and O–H groups in total. The molecule has 2 aromatic carbocycles. The minimum absolute atomic E-state index is 0.0779. The Balaban J connectivity index is 1.58. The molecule has 178 valence electrons. The van der Waals surface area contributed by atoms with E-state index >= 15 is 0 Å². The topological polar surface area (TPSA) is 120 Å². The second-order valence-corrected chi connectivity index (χ2v) is 9.81. The van der Waals surface area contributed by atoms with Gasteiger partial charge < -0.3 is 19.5 Å². The van der Waals surface area contributed by atoms with Crippen LogP contribution in [-0.2, 0) is 30.9 Å². The van der Waals surface area contributed by atoms with Crippen molar-refractivity contribution < 1.29 is 32.2 Å². The minimum Gasteiger partial charge on any atom is -0.486 e. The molecule has 0 unspecified atom stereocenters. The Bertz CT molecular complexity index is 1100. The van der Waals surface area contributed by atoms with Crippen LogP contribution in [-0.4, -0.2) is 46.2 Å². The number of esters is 1. The molecule has 1 aliphatic rings. The van der Waals surface area contributed by atoms with E-state index in [0.29, 0.717) is 29.7 Å². The SMILES string of the molecule is CC(C)[C@@H](NS(=O)(=O)c1ccc2c(c1)OCCO2)C(=O)OCC(=O)NCc1ccc(Cl)cc1. The van der Waals surface area contributed by atoms with Gasteiger partial charge in [-0.3, -0.25) is 9.59 Å². The van der Waals surface area contributed by atoms with Crippen LogP contribution < -0.4 is 19.5 Å². The van der Waals surface area contributed by atoms with Crippen LogP contribution in [0.5, 0.6) is 11.5 Å². The second kappa shape index (κ2) is 10.9. The molecular weight excluding hydrogens is 472 g/mol. The summed E-state index contributed by atoms with van der Waals surface area (Å²) in [7, 11) is -4.07. The molecule has 0 fully saturated rings. The summed E-state index contributed by atoms with van der Waals surface area (Å²) >= 11 is 5.82. The summed E-state index contributed by atoms with van der Waals surface area (Å²) in [4.78, 5) is 24.5. The normalized spacial score (nSPS) is 13.9. The van der Waals surface area contributed by atoms with E-state index in [1.54, 1.807) is 38.1 Å². The number of fused-ring (bicyclic) bond motifs is 1. The molecule has 0 aromatic heterocycles. The van der Waals surface area contributed by atoms with Crippen LogP contribution in [0.2, 0.25) is 5.02 Å². The van der Waals surface area contributed by atoms with Crippen LogP contribution in [0.1, 0.15) is 19.4 Å². The third kappa shape index (κ3) is 6.83. The fraction of sp³-hybridized carbons (Fsp3) is 0.364. The first-order chi connectivity index (χ1) is 15.7. The van der Waals surface area contributed by atoms with E-state index in [0.717, 1.165) is 5.56 Å². The first-order valence-corrected chi connectivity index (χ1v) is 12.1. The summed E-state index contributed by atoms with van der Waals surface area (Å²) in [6, 6.07) is 9.93. The van der Waals surface area contributed by atoms with Crippen LogP contribution in [0.4, 0.5) is 0 Å². The summed E-state index contributed by atoms with van der Waals surface area (Å²) in [5.74, 6) is -1.04. The monoisotopic (exact) mass is 496 g/mol. The van der Waals surface area contributed by atoms with Crippen LogP contribution in [0.15, 0.2) is 47.4 Å². The Kier molecular flexibility index (Phi) is 8.17. The fourth-order valence-electron chi connectivity index (χ4n) is 2.96. The zero-order valence-electron chi connectivity index (χ0n) is 18.2.